The zero-order valence-corrected chi connectivity index (χ0v) is 13.8. The van der Waals surface area contributed by atoms with Gasteiger partial charge in [-0.05, 0) is 25.2 Å². The van der Waals surface area contributed by atoms with Crippen LogP contribution >= 0.6 is 0 Å². The molecular formula is C16H32N2O2. The van der Waals surface area contributed by atoms with E-state index in [2.05, 4.69) is 19.2 Å². The van der Waals surface area contributed by atoms with Crippen LogP contribution in [0.4, 0.5) is 0 Å². The number of carbonyl (C=O) groups is 1. The zero-order valence-electron chi connectivity index (χ0n) is 13.8. The Kier molecular flexibility index (Phi) is 6.46. The number of nitrogens with one attached hydrogen (secondary N) is 1. The quantitative estimate of drug-likeness (QED) is 0.812. The molecule has 0 aromatic heterocycles. The topological polar surface area (TPSA) is 52.6 Å². The lowest BCUT2D eigenvalue weighted by molar-refractivity contribution is -0.140. The molecule has 0 bridgehead atoms. The Bertz CT molecular complexity index is 302. The first-order valence-electron chi connectivity index (χ1n) is 7.90. The van der Waals surface area contributed by atoms with Crippen LogP contribution in [0.5, 0.6) is 0 Å². The number of aliphatic hydroxyl groups excluding tert-OH is 1. The van der Waals surface area contributed by atoms with E-state index in [0.717, 1.165) is 32.4 Å². The molecule has 1 rings (SSSR count). The van der Waals surface area contributed by atoms with Crippen molar-refractivity contribution in [2.24, 2.45) is 11.3 Å². The third kappa shape index (κ3) is 5.41. The van der Waals surface area contributed by atoms with Gasteiger partial charge >= 0.3 is 0 Å². The average Bonchev–Trinajstić information content (AvgIpc) is 2.36. The predicted molar refractivity (Wildman–Crippen MR) is 82.5 cm³/mol. The maximum Gasteiger partial charge on any atom is 0.227 e. The van der Waals surface area contributed by atoms with Crippen molar-refractivity contribution in [2.75, 3.05) is 19.7 Å². The minimum atomic E-state index is -0.286. The molecule has 118 valence electrons. The van der Waals surface area contributed by atoms with E-state index in [0.29, 0.717) is 12.0 Å². The molecule has 1 aliphatic rings. The van der Waals surface area contributed by atoms with Crippen molar-refractivity contribution in [1.82, 2.24) is 10.2 Å². The van der Waals surface area contributed by atoms with Gasteiger partial charge in [0.15, 0.2) is 0 Å². The second-order valence-electron chi connectivity index (χ2n) is 7.49. The van der Waals surface area contributed by atoms with Gasteiger partial charge in [-0.15, -0.1) is 0 Å². The third-order valence-electron chi connectivity index (χ3n) is 3.87. The molecular weight excluding hydrogens is 252 g/mol. The summed E-state index contributed by atoms with van der Waals surface area (Å²) in [5.41, 5.74) is -0.286. The first-order valence-corrected chi connectivity index (χ1v) is 7.90. The van der Waals surface area contributed by atoms with E-state index in [1.165, 1.54) is 0 Å². The highest BCUT2D eigenvalue weighted by Gasteiger charge is 2.30. The predicted octanol–water partition coefficient (Wildman–Crippen LogP) is 2.02. The molecule has 1 amide bonds. The Morgan fingerprint density at radius 2 is 1.85 bits per heavy atom. The molecule has 0 aliphatic carbocycles. The van der Waals surface area contributed by atoms with E-state index in [1.54, 1.807) is 0 Å². The van der Waals surface area contributed by atoms with E-state index in [9.17, 15) is 9.90 Å². The van der Waals surface area contributed by atoms with Crippen LogP contribution in [0.1, 0.15) is 53.9 Å². The lowest BCUT2D eigenvalue weighted by Crippen LogP contribution is -2.50. The largest absolute Gasteiger partial charge is 0.395 e. The fraction of sp³-hybridized carbons (Fsp3) is 0.938. The number of likely N-dealkylation sites (tertiary alicyclic amines) is 1. The van der Waals surface area contributed by atoms with Gasteiger partial charge in [0.1, 0.15) is 0 Å². The summed E-state index contributed by atoms with van der Waals surface area (Å²) in [6.07, 6.45) is 2.96. The van der Waals surface area contributed by atoms with Gasteiger partial charge in [-0.2, -0.15) is 0 Å². The summed E-state index contributed by atoms with van der Waals surface area (Å²) >= 11 is 0. The number of aliphatic hydroxyl groups is 1. The molecule has 0 spiro atoms. The molecule has 20 heavy (non-hydrogen) atoms. The van der Waals surface area contributed by atoms with Gasteiger partial charge in [0, 0.05) is 30.6 Å². The summed E-state index contributed by atoms with van der Waals surface area (Å²) in [7, 11) is 0. The van der Waals surface area contributed by atoms with E-state index < -0.39 is 0 Å². The van der Waals surface area contributed by atoms with Crippen molar-refractivity contribution < 1.29 is 9.90 Å². The van der Waals surface area contributed by atoms with Gasteiger partial charge in [-0.1, -0.05) is 34.6 Å². The fourth-order valence-electron chi connectivity index (χ4n) is 2.82. The highest BCUT2D eigenvalue weighted by atomic mass is 16.3. The van der Waals surface area contributed by atoms with E-state index in [1.807, 2.05) is 25.7 Å². The Balaban J connectivity index is 2.40. The molecule has 1 aliphatic heterocycles. The van der Waals surface area contributed by atoms with E-state index in [4.69, 9.17) is 0 Å². The van der Waals surface area contributed by atoms with Crippen LogP contribution in [0, 0.1) is 11.3 Å². The molecule has 0 saturated carbocycles. The highest BCUT2D eigenvalue weighted by Crippen LogP contribution is 2.21. The standard InChI is InChI=1S/C16H32N2O2/c1-12(2)10-14(11-19)17-13-6-8-18(9-7-13)15(20)16(3,4)5/h12-14,17,19H,6-11H2,1-5H3. The fourth-order valence-corrected chi connectivity index (χ4v) is 2.82. The van der Waals surface area contributed by atoms with Crippen molar-refractivity contribution in [3.63, 3.8) is 0 Å². The molecule has 1 saturated heterocycles. The Hall–Kier alpha value is -0.610. The number of hydrogen-bond donors (Lipinski definition) is 2. The maximum atomic E-state index is 12.2. The zero-order chi connectivity index (χ0) is 15.3. The van der Waals surface area contributed by atoms with Crippen LogP contribution in [0.2, 0.25) is 0 Å². The lowest BCUT2D eigenvalue weighted by atomic mass is 9.92. The Morgan fingerprint density at radius 3 is 2.25 bits per heavy atom. The number of carbonyl (C=O) groups excluding carboxylic acids is 1. The number of nitrogens with zero attached hydrogens (tertiary/aromatic N) is 1. The number of hydrogen-bond acceptors (Lipinski definition) is 3. The summed E-state index contributed by atoms with van der Waals surface area (Å²) in [5, 5.41) is 13.0. The van der Waals surface area contributed by atoms with Crippen LogP contribution in [-0.2, 0) is 4.79 Å². The molecule has 2 N–H and O–H groups in total. The summed E-state index contributed by atoms with van der Waals surface area (Å²) in [4.78, 5) is 14.2. The number of piperidine rings is 1. The number of amides is 1. The SMILES string of the molecule is CC(C)CC(CO)NC1CCN(C(=O)C(C)(C)C)CC1. The summed E-state index contributed by atoms with van der Waals surface area (Å²) in [5.74, 6) is 0.832. The van der Waals surface area contributed by atoms with Crippen LogP contribution < -0.4 is 5.32 Å². The summed E-state index contributed by atoms with van der Waals surface area (Å²) in [6, 6.07) is 0.611. The van der Waals surface area contributed by atoms with Crippen molar-refractivity contribution in [2.45, 2.75) is 66.0 Å². The van der Waals surface area contributed by atoms with Crippen molar-refractivity contribution in [3.05, 3.63) is 0 Å². The first kappa shape index (κ1) is 17.4. The summed E-state index contributed by atoms with van der Waals surface area (Å²) in [6.45, 7) is 12.1. The molecule has 0 aromatic carbocycles. The smallest absolute Gasteiger partial charge is 0.227 e. The van der Waals surface area contributed by atoms with Crippen molar-refractivity contribution >= 4 is 5.91 Å². The Morgan fingerprint density at radius 1 is 1.30 bits per heavy atom. The van der Waals surface area contributed by atoms with Gasteiger partial charge in [0.25, 0.3) is 0 Å². The molecule has 1 atom stereocenters. The van der Waals surface area contributed by atoms with E-state index in [-0.39, 0.29) is 24.0 Å². The van der Waals surface area contributed by atoms with Crippen molar-refractivity contribution in [1.29, 1.82) is 0 Å². The van der Waals surface area contributed by atoms with Gasteiger partial charge in [0.2, 0.25) is 5.91 Å². The molecule has 1 fully saturated rings. The highest BCUT2D eigenvalue weighted by molar-refractivity contribution is 5.81. The number of rotatable bonds is 5. The normalized spacial score (nSPS) is 19.4. The van der Waals surface area contributed by atoms with Crippen LogP contribution in [0.3, 0.4) is 0 Å². The second kappa shape index (κ2) is 7.41. The lowest BCUT2D eigenvalue weighted by Gasteiger charge is -2.37. The van der Waals surface area contributed by atoms with Gasteiger partial charge < -0.3 is 15.3 Å². The molecule has 0 radical (unpaired) electrons. The monoisotopic (exact) mass is 284 g/mol. The van der Waals surface area contributed by atoms with Gasteiger partial charge in [0.05, 0.1) is 6.61 Å². The van der Waals surface area contributed by atoms with Gasteiger partial charge in [-0.3, -0.25) is 4.79 Å². The van der Waals surface area contributed by atoms with Gasteiger partial charge in [-0.25, -0.2) is 0 Å². The van der Waals surface area contributed by atoms with E-state index >= 15 is 0 Å². The maximum absolute atomic E-state index is 12.2. The minimum Gasteiger partial charge on any atom is -0.395 e. The van der Waals surface area contributed by atoms with Crippen LogP contribution in [0.15, 0.2) is 0 Å². The Labute approximate surface area is 123 Å². The molecule has 4 nitrogen and oxygen atoms in total. The molecule has 1 unspecified atom stereocenters. The minimum absolute atomic E-state index is 0.185. The van der Waals surface area contributed by atoms with Crippen LogP contribution in [-0.4, -0.2) is 47.7 Å². The van der Waals surface area contributed by atoms with Crippen molar-refractivity contribution in [3.8, 4) is 0 Å². The first-order chi connectivity index (χ1) is 9.24. The third-order valence-corrected chi connectivity index (χ3v) is 3.87. The second-order valence-corrected chi connectivity index (χ2v) is 7.49. The molecule has 0 aromatic rings. The average molecular weight is 284 g/mol. The molecule has 1 heterocycles. The molecule has 4 heteroatoms. The van der Waals surface area contributed by atoms with Crippen LogP contribution in [0.25, 0.3) is 0 Å². The summed E-state index contributed by atoms with van der Waals surface area (Å²) < 4.78 is 0.